The zero-order valence-corrected chi connectivity index (χ0v) is 38.4. The second-order valence-corrected chi connectivity index (χ2v) is 15.9. The lowest BCUT2D eigenvalue weighted by Crippen LogP contribution is -2.31. The maximum absolute atomic E-state index is 12.1. The summed E-state index contributed by atoms with van der Waals surface area (Å²) in [7, 11) is 0. The largest absolute Gasteiger partial charge is 0.379 e. The van der Waals surface area contributed by atoms with Gasteiger partial charge in [0.15, 0.2) is 17.4 Å². The SMILES string of the molecule is CC(=O)C(C)CCCCCC(=O)COCCOCCNC(=O)COCCOCCCC(=O)COCCOCCNC(=O)CCCCCCCCCCCCCCCc1nn[nH]n1. The number of Topliss-reactive ketones (excluding diaryl/α,β-unsaturated/α-hetero) is 3. The molecule has 1 atom stereocenters. The van der Waals surface area contributed by atoms with E-state index in [-0.39, 0.29) is 61.5 Å². The first-order valence-electron chi connectivity index (χ1n) is 23.5. The van der Waals surface area contributed by atoms with E-state index in [1.807, 2.05) is 6.92 Å². The van der Waals surface area contributed by atoms with Crippen LogP contribution in [0.2, 0.25) is 0 Å². The fourth-order valence-corrected chi connectivity index (χ4v) is 6.33. The van der Waals surface area contributed by atoms with E-state index in [4.69, 9.17) is 28.4 Å². The number of tetrazole rings is 1. The van der Waals surface area contributed by atoms with Gasteiger partial charge in [-0.25, -0.2) is 0 Å². The van der Waals surface area contributed by atoms with Crippen LogP contribution in [-0.4, -0.2) is 142 Å². The van der Waals surface area contributed by atoms with Gasteiger partial charge in [-0.15, -0.1) is 10.2 Å². The molecule has 0 saturated heterocycles. The van der Waals surface area contributed by atoms with Crippen molar-refractivity contribution in [3.8, 4) is 0 Å². The summed E-state index contributed by atoms with van der Waals surface area (Å²) in [5, 5.41) is 19.6. The molecule has 0 fully saturated rings. The van der Waals surface area contributed by atoms with E-state index < -0.39 is 0 Å². The number of rotatable bonds is 48. The number of unbranched alkanes of at least 4 members (excludes halogenated alkanes) is 14. The third kappa shape index (κ3) is 39.6. The van der Waals surface area contributed by atoms with Gasteiger partial charge >= 0.3 is 0 Å². The van der Waals surface area contributed by atoms with Crippen LogP contribution in [0.25, 0.3) is 0 Å². The molecule has 17 nitrogen and oxygen atoms in total. The van der Waals surface area contributed by atoms with Crippen molar-refractivity contribution in [1.29, 1.82) is 0 Å². The number of hydrogen-bond donors (Lipinski definition) is 3. The van der Waals surface area contributed by atoms with Crippen molar-refractivity contribution >= 4 is 29.2 Å². The Bertz CT molecular complexity index is 1240. The first-order chi connectivity index (χ1) is 30.3. The standard InChI is InChI=1S/C45H82N6O11/c1-39(40(2)52)20-15-14-16-21-41(53)36-60-33-32-59-29-26-47-45(56)38-62-35-30-57-27-19-22-42(54)37-61-34-31-58-28-25-46-44(55)24-18-13-11-9-7-5-3-4-6-8-10-12-17-23-43-48-50-51-49-43/h39H,3-38H2,1-2H3,(H,46,55)(H,47,56)(H,48,49,50,51). The van der Waals surface area contributed by atoms with Gasteiger partial charge in [-0.05, 0) is 39.0 Å². The highest BCUT2D eigenvalue weighted by atomic mass is 16.5. The van der Waals surface area contributed by atoms with Crippen molar-refractivity contribution in [2.24, 2.45) is 5.92 Å². The molecule has 0 aliphatic carbocycles. The lowest BCUT2D eigenvalue weighted by atomic mass is 9.99. The highest BCUT2D eigenvalue weighted by Gasteiger charge is 2.08. The van der Waals surface area contributed by atoms with Crippen LogP contribution in [0.5, 0.6) is 0 Å². The van der Waals surface area contributed by atoms with Crippen LogP contribution in [0.4, 0.5) is 0 Å². The van der Waals surface area contributed by atoms with Gasteiger partial charge < -0.3 is 39.1 Å². The number of aryl methyl sites for hydroxylation is 1. The van der Waals surface area contributed by atoms with Crippen molar-refractivity contribution in [1.82, 2.24) is 31.3 Å². The molecule has 0 aromatic carbocycles. The monoisotopic (exact) mass is 883 g/mol. The quantitative estimate of drug-likeness (QED) is 0.0676. The minimum Gasteiger partial charge on any atom is -0.379 e. The molecule has 0 spiro atoms. The number of carbonyl (C=O) groups is 5. The molecule has 62 heavy (non-hydrogen) atoms. The Balaban J connectivity index is 1.73. The van der Waals surface area contributed by atoms with Crippen molar-refractivity contribution in [2.75, 3.05) is 92.4 Å². The predicted octanol–water partition coefficient (Wildman–Crippen LogP) is 5.63. The van der Waals surface area contributed by atoms with Gasteiger partial charge in [-0.1, -0.05) is 95.6 Å². The Morgan fingerprint density at radius 1 is 0.500 bits per heavy atom. The number of ketones is 3. The first kappa shape index (κ1) is 56.8. The molecule has 2 amide bonds. The minimum absolute atomic E-state index is 0.0112. The summed E-state index contributed by atoms with van der Waals surface area (Å²) < 4.78 is 32.4. The minimum atomic E-state index is -0.258. The second kappa shape index (κ2) is 43.1. The van der Waals surface area contributed by atoms with Crippen LogP contribution in [0.15, 0.2) is 0 Å². The number of ether oxygens (including phenoxy) is 6. The predicted molar refractivity (Wildman–Crippen MR) is 236 cm³/mol. The third-order valence-corrected chi connectivity index (χ3v) is 10.2. The molecule has 17 heteroatoms. The molecule has 1 rings (SSSR count). The van der Waals surface area contributed by atoms with Crippen LogP contribution in [0, 0.1) is 5.92 Å². The van der Waals surface area contributed by atoms with Gasteiger partial charge in [0, 0.05) is 51.3 Å². The molecule has 0 saturated carbocycles. The van der Waals surface area contributed by atoms with Gasteiger partial charge in [0.1, 0.15) is 25.6 Å². The normalized spacial score (nSPS) is 11.8. The van der Waals surface area contributed by atoms with E-state index >= 15 is 0 Å². The van der Waals surface area contributed by atoms with Crippen molar-refractivity contribution < 1.29 is 52.4 Å². The summed E-state index contributed by atoms with van der Waals surface area (Å²) in [6.07, 6.45) is 22.3. The van der Waals surface area contributed by atoms with Crippen molar-refractivity contribution in [2.45, 2.75) is 155 Å². The molecule has 1 heterocycles. The number of carbonyl (C=O) groups excluding carboxylic acids is 5. The number of nitrogens with one attached hydrogen (secondary N) is 3. The molecule has 0 bridgehead atoms. The molecule has 0 aliphatic rings. The zero-order valence-electron chi connectivity index (χ0n) is 38.4. The highest BCUT2D eigenvalue weighted by molar-refractivity contribution is 5.80. The fraction of sp³-hybridized carbons (Fsp3) is 0.867. The van der Waals surface area contributed by atoms with Crippen LogP contribution in [0.3, 0.4) is 0 Å². The van der Waals surface area contributed by atoms with Crippen LogP contribution < -0.4 is 10.6 Å². The number of hydrogen-bond acceptors (Lipinski definition) is 14. The van der Waals surface area contributed by atoms with E-state index in [0.717, 1.165) is 57.2 Å². The molecule has 358 valence electrons. The Hall–Kier alpha value is -3.22. The topological polar surface area (TPSA) is 219 Å². The summed E-state index contributed by atoms with van der Waals surface area (Å²) in [5.74, 6) is 0.959. The van der Waals surface area contributed by atoms with Crippen LogP contribution in [-0.2, 0) is 58.8 Å². The summed E-state index contributed by atoms with van der Waals surface area (Å²) in [6, 6.07) is 0. The number of aromatic amines is 1. The number of H-pyrrole nitrogens is 1. The first-order valence-corrected chi connectivity index (χ1v) is 23.5. The van der Waals surface area contributed by atoms with Crippen molar-refractivity contribution in [3.63, 3.8) is 0 Å². The van der Waals surface area contributed by atoms with Crippen LogP contribution in [0.1, 0.15) is 155 Å². The highest BCUT2D eigenvalue weighted by Crippen LogP contribution is 2.14. The summed E-state index contributed by atoms with van der Waals surface area (Å²) >= 11 is 0. The van der Waals surface area contributed by atoms with Gasteiger partial charge in [-0.3, -0.25) is 24.0 Å². The molecule has 1 unspecified atom stereocenters. The lowest BCUT2D eigenvalue weighted by molar-refractivity contribution is -0.127. The molecule has 3 N–H and O–H groups in total. The number of nitrogens with zero attached hydrogens (tertiary/aromatic N) is 3. The maximum atomic E-state index is 12.1. The Morgan fingerprint density at radius 2 is 0.952 bits per heavy atom. The average Bonchev–Trinajstić information content (AvgIpc) is 3.78. The number of amides is 2. The van der Waals surface area contributed by atoms with Crippen molar-refractivity contribution in [3.05, 3.63) is 5.82 Å². The van der Waals surface area contributed by atoms with Crippen LogP contribution >= 0.6 is 0 Å². The van der Waals surface area contributed by atoms with E-state index in [0.29, 0.717) is 91.6 Å². The Morgan fingerprint density at radius 3 is 1.50 bits per heavy atom. The summed E-state index contributed by atoms with van der Waals surface area (Å²) in [4.78, 5) is 59.1. The Labute approximate surface area is 371 Å². The second-order valence-electron chi connectivity index (χ2n) is 15.9. The number of aromatic nitrogens is 4. The van der Waals surface area contributed by atoms with E-state index in [1.165, 1.54) is 64.2 Å². The van der Waals surface area contributed by atoms with Gasteiger partial charge in [0.2, 0.25) is 11.8 Å². The molecular weight excluding hydrogens is 801 g/mol. The average molecular weight is 883 g/mol. The molecular formula is C45H82N6O11. The molecule has 0 radical (unpaired) electrons. The molecule has 0 aliphatic heterocycles. The Kier molecular flexibility index (Phi) is 39.4. The van der Waals surface area contributed by atoms with E-state index in [1.54, 1.807) is 6.92 Å². The maximum Gasteiger partial charge on any atom is 0.246 e. The van der Waals surface area contributed by atoms with E-state index in [9.17, 15) is 24.0 Å². The van der Waals surface area contributed by atoms with Gasteiger partial charge in [-0.2, -0.15) is 5.21 Å². The van der Waals surface area contributed by atoms with Gasteiger partial charge in [0.05, 0.1) is 52.9 Å². The third-order valence-electron chi connectivity index (χ3n) is 10.2. The van der Waals surface area contributed by atoms with E-state index in [2.05, 4.69) is 31.3 Å². The fourth-order valence-electron chi connectivity index (χ4n) is 6.33. The summed E-state index contributed by atoms with van der Waals surface area (Å²) in [6.45, 7) is 7.34. The van der Waals surface area contributed by atoms with Gasteiger partial charge in [0.25, 0.3) is 0 Å². The molecule has 1 aromatic heterocycles. The smallest absolute Gasteiger partial charge is 0.246 e. The molecule has 1 aromatic rings. The lowest BCUT2D eigenvalue weighted by Gasteiger charge is -2.09. The summed E-state index contributed by atoms with van der Waals surface area (Å²) in [5.41, 5.74) is 0. The zero-order chi connectivity index (χ0) is 45.0.